The van der Waals surface area contributed by atoms with Gasteiger partial charge in [-0.2, -0.15) is 0 Å². The third-order valence-electron chi connectivity index (χ3n) is 1.87. The van der Waals surface area contributed by atoms with Gasteiger partial charge in [0.1, 0.15) is 0 Å². The number of hydrogen-bond donors (Lipinski definition) is 1. The molecule has 0 aliphatic carbocycles. The van der Waals surface area contributed by atoms with Gasteiger partial charge in [0.05, 0.1) is 5.69 Å². The van der Waals surface area contributed by atoms with E-state index >= 15 is 0 Å². The molecule has 0 saturated carbocycles. The summed E-state index contributed by atoms with van der Waals surface area (Å²) in [4.78, 5) is 4.24. The average Bonchev–Trinajstić information content (AvgIpc) is 2.20. The van der Waals surface area contributed by atoms with Gasteiger partial charge in [0.15, 0.2) is 0 Å². The smallest absolute Gasteiger partial charge is 0.0701 e. The maximum Gasteiger partial charge on any atom is 0.0701 e. The molecule has 1 aromatic heterocycles. The third kappa shape index (κ3) is 3.42. The van der Waals surface area contributed by atoms with Crippen molar-refractivity contribution < 1.29 is 0 Å². The second-order valence-corrected chi connectivity index (χ2v) is 2.84. The minimum absolute atomic E-state index is 0. The Hall–Kier alpha value is -1.25. The van der Waals surface area contributed by atoms with Gasteiger partial charge >= 0.3 is 0 Å². The molecule has 1 heterocycles. The number of pyridine rings is 1. The molecule has 0 amide bonds. The van der Waals surface area contributed by atoms with Crippen LogP contribution in [0.4, 0.5) is 5.69 Å². The van der Waals surface area contributed by atoms with Crippen molar-refractivity contribution in [1.29, 1.82) is 0 Å². The number of benzene rings is 1. The third-order valence-corrected chi connectivity index (χ3v) is 1.87. The van der Waals surface area contributed by atoms with Gasteiger partial charge in [-0.25, -0.2) is 0 Å². The molecule has 15 heavy (non-hydrogen) atoms. The molecule has 0 spiro atoms. The number of aromatic nitrogens is 1. The van der Waals surface area contributed by atoms with Crippen LogP contribution in [0.5, 0.6) is 0 Å². The van der Waals surface area contributed by atoms with E-state index in [4.69, 9.17) is 5.73 Å². The Kier molecular flexibility index (Phi) is 5.75. The summed E-state index contributed by atoms with van der Waals surface area (Å²) in [6.07, 6.45) is 1.78. The summed E-state index contributed by atoms with van der Waals surface area (Å²) >= 11 is 0. The molecule has 0 aliphatic heterocycles. The Morgan fingerprint density at radius 2 is 1.53 bits per heavy atom. The second-order valence-electron chi connectivity index (χ2n) is 2.84. The number of rotatable bonds is 1. The lowest BCUT2D eigenvalue weighted by Crippen LogP contribution is -1.85. The molecule has 0 fully saturated rings. The van der Waals surface area contributed by atoms with Crippen molar-refractivity contribution in [2.24, 2.45) is 0 Å². The van der Waals surface area contributed by atoms with Crippen molar-refractivity contribution in [3.05, 3.63) is 48.7 Å². The summed E-state index contributed by atoms with van der Waals surface area (Å²) in [5.41, 5.74) is 8.43. The zero-order valence-corrected chi connectivity index (χ0v) is 9.59. The van der Waals surface area contributed by atoms with E-state index in [0.717, 1.165) is 16.9 Å². The highest BCUT2D eigenvalue weighted by Crippen LogP contribution is 2.17. The molecule has 0 saturated heterocycles. The molecular formula is C11H12Cl2N2. The SMILES string of the molecule is Cl.Cl.Nc1ccc(-c2ccccn2)cc1. The molecule has 80 valence electrons. The summed E-state index contributed by atoms with van der Waals surface area (Å²) in [5.74, 6) is 0. The average molecular weight is 243 g/mol. The maximum atomic E-state index is 5.58. The van der Waals surface area contributed by atoms with Crippen molar-refractivity contribution in [3.8, 4) is 11.3 Å². The van der Waals surface area contributed by atoms with Gasteiger partial charge < -0.3 is 5.73 Å². The van der Waals surface area contributed by atoms with Crippen LogP contribution in [0.2, 0.25) is 0 Å². The van der Waals surface area contributed by atoms with Crippen molar-refractivity contribution >= 4 is 30.5 Å². The van der Waals surface area contributed by atoms with Crippen molar-refractivity contribution in [2.45, 2.75) is 0 Å². The minimum atomic E-state index is 0. The van der Waals surface area contributed by atoms with Crippen LogP contribution in [0, 0.1) is 0 Å². The number of halogens is 2. The van der Waals surface area contributed by atoms with Crippen LogP contribution >= 0.6 is 24.8 Å². The van der Waals surface area contributed by atoms with Crippen LogP contribution in [0.25, 0.3) is 11.3 Å². The molecule has 0 unspecified atom stereocenters. The second kappa shape index (κ2) is 6.27. The molecule has 2 N–H and O–H groups in total. The van der Waals surface area contributed by atoms with E-state index in [1.165, 1.54) is 0 Å². The summed E-state index contributed by atoms with van der Waals surface area (Å²) in [6.45, 7) is 0. The number of anilines is 1. The molecule has 4 heteroatoms. The summed E-state index contributed by atoms with van der Waals surface area (Å²) in [7, 11) is 0. The highest BCUT2D eigenvalue weighted by atomic mass is 35.5. The standard InChI is InChI=1S/C11H10N2.2ClH/c12-10-6-4-9(5-7-10)11-3-1-2-8-13-11;;/h1-8H,12H2;2*1H. The molecule has 2 rings (SSSR count). The zero-order valence-electron chi connectivity index (χ0n) is 7.96. The van der Waals surface area contributed by atoms with Crippen LogP contribution in [0.3, 0.4) is 0 Å². The van der Waals surface area contributed by atoms with E-state index in [1.54, 1.807) is 6.20 Å². The molecule has 0 aliphatic rings. The molecular weight excluding hydrogens is 231 g/mol. The van der Waals surface area contributed by atoms with E-state index < -0.39 is 0 Å². The first-order chi connectivity index (χ1) is 6.36. The van der Waals surface area contributed by atoms with E-state index in [0.29, 0.717) is 0 Å². The molecule has 0 atom stereocenters. The summed E-state index contributed by atoms with van der Waals surface area (Å²) in [6, 6.07) is 13.5. The van der Waals surface area contributed by atoms with Gasteiger partial charge in [-0.1, -0.05) is 18.2 Å². The fourth-order valence-electron chi connectivity index (χ4n) is 1.19. The predicted molar refractivity (Wildman–Crippen MR) is 68.6 cm³/mol. The topological polar surface area (TPSA) is 38.9 Å². The summed E-state index contributed by atoms with van der Waals surface area (Å²) in [5, 5.41) is 0. The predicted octanol–water partition coefficient (Wildman–Crippen LogP) is 3.17. The van der Waals surface area contributed by atoms with Crippen LogP contribution in [-0.2, 0) is 0 Å². The largest absolute Gasteiger partial charge is 0.399 e. The van der Waals surface area contributed by atoms with Gasteiger partial charge in [0, 0.05) is 17.4 Å². The Bertz CT molecular complexity index is 387. The van der Waals surface area contributed by atoms with Gasteiger partial charge in [-0.05, 0) is 24.3 Å². The van der Waals surface area contributed by atoms with Gasteiger partial charge in [0.2, 0.25) is 0 Å². The number of nitrogens with zero attached hydrogens (tertiary/aromatic N) is 1. The van der Waals surface area contributed by atoms with E-state index in [9.17, 15) is 0 Å². The molecule has 1 aromatic carbocycles. The monoisotopic (exact) mass is 242 g/mol. The first-order valence-corrected chi connectivity index (χ1v) is 4.13. The van der Waals surface area contributed by atoms with Crippen LogP contribution in [-0.4, -0.2) is 4.98 Å². The fourth-order valence-corrected chi connectivity index (χ4v) is 1.19. The highest BCUT2D eigenvalue weighted by molar-refractivity contribution is 5.85. The highest BCUT2D eigenvalue weighted by Gasteiger charge is 1.95. The number of nitrogens with two attached hydrogens (primary N) is 1. The maximum absolute atomic E-state index is 5.58. The van der Waals surface area contributed by atoms with Crippen molar-refractivity contribution in [2.75, 3.05) is 5.73 Å². The Labute approximate surface area is 101 Å². The van der Waals surface area contributed by atoms with Gasteiger partial charge in [-0.3, -0.25) is 4.98 Å². The molecule has 0 bridgehead atoms. The molecule has 2 nitrogen and oxygen atoms in total. The Balaban J connectivity index is 0.000000980. The van der Waals surface area contributed by atoms with Crippen molar-refractivity contribution in [1.82, 2.24) is 4.98 Å². The number of nitrogen functional groups attached to an aromatic ring is 1. The van der Waals surface area contributed by atoms with Crippen LogP contribution < -0.4 is 5.73 Å². The van der Waals surface area contributed by atoms with Gasteiger partial charge in [-0.15, -0.1) is 24.8 Å². The Morgan fingerprint density at radius 1 is 0.867 bits per heavy atom. The van der Waals surface area contributed by atoms with Gasteiger partial charge in [0.25, 0.3) is 0 Å². The molecule has 2 aromatic rings. The fraction of sp³-hybridized carbons (Fsp3) is 0. The lowest BCUT2D eigenvalue weighted by Gasteiger charge is -1.99. The zero-order chi connectivity index (χ0) is 9.10. The minimum Gasteiger partial charge on any atom is -0.399 e. The lowest BCUT2D eigenvalue weighted by molar-refractivity contribution is 1.33. The Morgan fingerprint density at radius 3 is 2.07 bits per heavy atom. The lowest BCUT2D eigenvalue weighted by atomic mass is 10.1. The van der Waals surface area contributed by atoms with E-state index in [-0.39, 0.29) is 24.8 Å². The first kappa shape index (κ1) is 13.8. The quantitative estimate of drug-likeness (QED) is 0.781. The van der Waals surface area contributed by atoms with E-state index in [1.807, 2.05) is 42.5 Å². The summed E-state index contributed by atoms with van der Waals surface area (Å²) < 4.78 is 0. The normalized spacial score (nSPS) is 8.53. The van der Waals surface area contributed by atoms with Crippen LogP contribution in [0.1, 0.15) is 0 Å². The van der Waals surface area contributed by atoms with Crippen LogP contribution in [0.15, 0.2) is 48.7 Å². The van der Waals surface area contributed by atoms with E-state index in [2.05, 4.69) is 4.98 Å². The number of hydrogen-bond acceptors (Lipinski definition) is 2. The van der Waals surface area contributed by atoms with Crippen molar-refractivity contribution in [3.63, 3.8) is 0 Å². The first-order valence-electron chi connectivity index (χ1n) is 4.13. The molecule has 0 radical (unpaired) electrons.